The van der Waals surface area contributed by atoms with Crippen LogP contribution in [0.25, 0.3) is 0 Å². The second-order valence-electron chi connectivity index (χ2n) is 3.52. The third kappa shape index (κ3) is 0.781. The van der Waals surface area contributed by atoms with Gasteiger partial charge in [0.15, 0.2) is 0 Å². The zero-order chi connectivity index (χ0) is 7.97. The molecule has 1 atom stereocenters. The van der Waals surface area contributed by atoms with Crippen molar-refractivity contribution in [2.24, 2.45) is 5.92 Å². The topological polar surface area (TPSA) is 0 Å². The third-order valence-corrected chi connectivity index (χ3v) is 2.76. The number of rotatable bonds is 0. The van der Waals surface area contributed by atoms with Crippen molar-refractivity contribution in [2.45, 2.75) is 12.8 Å². The fourth-order valence-corrected chi connectivity index (χ4v) is 2.11. The van der Waals surface area contributed by atoms with Gasteiger partial charge in [-0.1, -0.05) is 36.0 Å². The highest BCUT2D eigenvalue weighted by atomic mass is 14.3. The lowest BCUT2D eigenvalue weighted by Gasteiger charge is -2.14. The molecule has 58 valence electrons. The minimum atomic E-state index is 0.667. The maximum absolute atomic E-state index is 3.42. The molecule has 0 aliphatic heterocycles. The van der Waals surface area contributed by atoms with Crippen molar-refractivity contribution in [3.8, 4) is 0 Å². The monoisotopic (exact) mass is 154 g/mol. The summed E-state index contributed by atoms with van der Waals surface area (Å²) in [6, 6.07) is 0. The van der Waals surface area contributed by atoms with Gasteiger partial charge in [0.25, 0.3) is 0 Å². The van der Waals surface area contributed by atoms with E-state index in [1.807, 2.05) is 0 Å². The summed E-state index contributed by atoms with van der Waals surface area (Å²) < 4.78 is 0. The smallest absolute Gasteiger partial charge is 0.0127 e. The fourth-order valence-electron chi connectivity index (χ4n) is 2.11. The summed E-state index contributed by atoms with van der Waals surface area (Å²) in [7, 11) is 0. The molecular formula is C12H10. The van der Waals surface area contributed by atoms with Crippen LogP contribution >= 0.6 is 0 Å². The Balaban J connectivity index is 2.08. The van der Waals surface area contributed by atoms with Crippen molar-refractivity contribution in [3.63, 3.8) is 0 Å². The molecule has 3 aliphatic rings. The van der Waals surface area contributed by atoms with Crippen LogP contribution in [0.1, 0.15) is 12.8 Å². The molecule has 0 spiro atoms. The number of fused-ring (bicyclic) bond motifs is 2. The van der Waals surface area contributed by atoms with E-state index >= 15 is 0 Å². The lowest BCUT2D eigenvalue weighted by molar-refractivity contribution is 0.762. The molecule has 0 heteroatoms. The van der Waals surface area contributed by atoms with Crippen LogP contribution in [0.5, 0.6) is 0 Å². The van der Waals surface area contributed by atoms with Crippen LogP contribution in [0.3, 0.4) is 0 Å². The summed E-state index contributed by atoms with van der Waals surface area (Å²) in [6.07, 6.45) is 17.0. The quantitative estimate of drug-likeness (QED) is 0.503. The first-order chi connectivity index (χ1) is 5.93. The largest absolute Gasteiger partial charge is 0.0694 e. The van der Waals surface area contributed by atoms with Gasteiger partial charge in [0.2, 0.25) is 0 Å². The highest BCUT2D eigenvalue weighted by Gasteiger charge is 2.24. The van der Waals surface area contributed by atoms with Crippen molar-refractivity contribution in [3.05, 3.63) is 53.5 Å². The first-order valence-electron chi connectivity index (χ1n) is 4.49. The Morgan fingerprint density at radius 1 is 1.33 bits per heavy atom. The first-order valence-corrected chi connectivity index (χ1v) is 4.49. The normalized spacial score (nSPS) is 30.7. The summed E-state index contributed by atoms with van der Waals surface area (Å²) in [5, 5.41) is 0. The molecule has 1 fully saturated rings. The summed E-state index contributed by atoms with van der Waals surface area (Å²) >= 11 is 0. The molecule has 0 amide bonds. The first kappa shape index (κ1) is 6.47. The Labute approximate surface area is 73.0 Å². The van der Waals surface area contributed by atoms with Crippen molar-refractivity contribution in [1.29, 1.82) is 0 Å². The molecule has 0 nitrogen and oxygen atoms in total. The van der Waals surface area contributed by atoms with Crippen molar-refractivity contribution in [2.75, 3.05) is 0 Å². The molecule has 3 rings (SSSR count). The molecule has 2 radical (unpaired) electrons. The van der Waals surface area contributed by atoms with E-state index in [-0.39, 0.29) is 0 Å². The Morgan fingerprint density at radius 3 is 3.33 bits per heavy atom. The van der Waals surface area contributed by atoms with E-state index in [4.69, 9.17) is 0 Å². The molecule has 0 saturated heterocycles. The molecule has 0 aromatic carbocycles. The molecule has 0 heterocycles. The van der Waals surface area contributed by atoms with Crippen molar-refractivity contribution >= 4 is 0 Å². The summed E-state index contributed by atoms with van der Waals surface area (Å²) in [6.45, 7) is 0. The van der Waals surface area contributed by atoms with Crippen LogP contribution in [0.15, 0.2) is 47.1 Å². The molecular weight excluding hydrogens is 144 g/mol. The molecule has 12 heavy (non-hydrogen) atoms. The Kier molecular flexibility index (Phi) is 1.20. The van der Waals surface area contributed by atoms with E-state index in [9.17, 15) is 0 Å². The summed E-state index contributed by atoms with van der Waals surface area (Å²) in [5.74, 6) is 0.667. The second kappa shape index (κ2) is 2.22. The summed E-state index contributed by atoms with van der Waals surface area (Å²) in [4.78, 5) is 0. The maximum atomic E-state index is 3.42. The van der Waals surface area contributed by atoms with E-state index in [0.29, 0.717) is 5.92 Å². The maximum Gasteiger partial charge on any atom is 0.0127 e. The van der Waals surface area contributed by atoms with Gasteiger partial charge in [-0.3, -0.25) is 0 Å². The van der Waals surface area contributed by atoms with Crippen LogP contribution in [0.4, 0.5) is 0 Å². The van der Waals surface area contributed by atoms with Gasteiger partial charge in [-0.05, 0) is 29.9 Å². The third-order valence-electron chi connectivity index (χ3n) is 2.76. The molecule has 0 aromatic rings. The van der Waals surface area contributed by atoms with Crippen LogP contribution in [-0.2, 0) is 0 Å². The van der Waals surface area contributed by atoms with Gasteiger partial charge in [0, 0.05) is 6.42 Å². The van der Waals surface area contributed by atoms with Gasteiger partial charge in [0.1, 0.15) is 0 Å². The van der Waals surface area contributed by atoms with Crippen molar-refractivity contribution in [1.82, 2.24) is 0 Å². The van der Waals surface area contributed by atoms with Gasteiger partial charge in [-0.15, -0.1) is 0 Å². The predicted octanol–water partition coefficient (Wildman–Crippen LogP) is 2.84. The van der Waals surface area contributed by atoms with E-state index < -0.39 is 0 Å². The average molecular weight is 154 g/mol. The zero-order valence-corrected chi connectivity index (χ0v) is 6.88. The zero-order valence-electron chi connectivity index (χ0n) is 6.88. The molecule has 1 saturated carbocycles. The Hall–Kier alpha value is -1.04. The predicted molar refractivity (Wildman–Crippen MR) is 49.4 cm³/mol. The van der Waals surface area contributed by atoms with Gasteiger partial charge < -0.3 is 0 Å². The Bertz CT molecular complexity index is 337. The van der Waals surface area contributed by atoms with Crippen LogP contribution in [0, 0.1) is 12.3 Å². The SMILES string of the molecule is [C]1CCC2C=C3C=CC=C3C=C12. The van der Waals surface area contributed by atoms with E-state index in [1.165, 1.54) is 23.1 Å². The second-order valence-corrected chi connectivity index (χ2v) is 3.52. The van der Waals surface area contributed by atoms with Crippen LogP contribution < -0.4 is 0 Å². The number of hydrogen-bond acceptors (Lipinski definition) is 0. The minimum Gasteiger partial charge on any atom is -0.0694 e. The average Bonchev–Trinajstić information content (AvgIpc) is 2.64. The van der Waals surface area contributed by atoms with Gasteiger partial charge in [-0.25, -0.2) is 0 Å². The summed E-state index contributed by atoms with van der Waals surface area (Å²) in [5.41, 5.74) is 4.19. The minimum absolute atomic E-state index is 0.667. The number of hydrogen-bond donors (Lipinski definition) is 0. The fraction of sp³-hybridized carbons (Fsp3) is 0.250. The van der Waals surface area contributed by atoms with E-state index in [1.54, 1.807) is 0 Å². The lowest BCUT2D eigenvalue weighted by Crippen LogP contribution is -2.00. The lowest BCUT2D eigenvalue weighted by atomic mass is 9.90. The Morgan fingerprint density at radius 2 is 2.33 bits per heavy atom. The van der Waals surface area contributed by atoms with Crippen LogP contribution in [-0.4, -0.2) is 0 Å². The van der Waals surface area contributed by atoms with E-state index in [2.05, 4.69) is 36.8 Å². The molecule has 0 bridgehead atoms. The highest BCUT2D eigenvalue weighted by Crippen LogP contribution is 2.39. The standard InChI is InChI=1S/C12H10/c1-3-9-7-11-5-2-6-12(11)8-10(9)4-1/h1,3-4,7-8,11H,2,5H2. The van der Waals surface area contributed by atoms with E-state index in [0.717, 1.165) is 6.42 Å². The highest BCUT2D eigenvalue weighted by molar-refractivity contribution is 5.59. The van der Waals surface area contributed by atoms with Crippen molar-refractivity contribution < 1.29 is 0 Å². The van der Waals surface area contributed by atoms with Gasteiger partial charge in [0.05, 0.1) is 0 Å². The molecule has 0 aromatic heterocycles. The molecule has 0 N–H and O–H groups in total. The molecule has 3 aliphatic carbocycles. The van der Waals surface area contributed by atoms with Gasteiger partial charge in [-0.2, -0.15) is 0 Å². The van der Waals surface area contributed by atoms with Crippen LogP contribution in [0.2, 0.25) is 0 Å². The number of allylic oxidation sites excluding steroid dienone is 8. The molecule has 1 unspecified atom stereocenters. The van der Waals surface area contributed by atoms with Gasteiger partial charge >= 0.3 is 0 Å².